The Labute approximate surface area is 122 Å². The molecule has 102 valence electrons. The van der Waals surface area contributed by atoms with Crippen molar-refractivity contribution in [1.29, 1.82) is 0 Å². The highest BCUT2D eigenvalue weighted by Crippen LogP contribution is 2.27. The summed E-state index contributed by atoms with van der Waals surface area (Å²) >= 11 is 3.50. The molecular formula is C14H18N2OS2. The van der Waals surface area contributed by atoms with Gasteiger partial charge < -0.3 is 10.1 Å². The van der Waals surface area contributed by atoms with Gasteiger partial charge in [0.25, 0.3) is 0 Å². The van der Waals surface area contributed by atoms with E-state index in [0.29, 0.717) is 6.04 Å². The number of ether oxygens (including phenoxy) is 1. The lowest BCUT2D eigenvalue weighted by Gasteiger charge is -2.15. The lowest BCUT2D eigenvalue weighted by molar-refractivity contribution is 0.414. The number of aryl methyl sites for hydroxylation is 1. The van der Waals surface area contributed by atoms with Crippen molar-refractivity contribution >= 4 is 23.1 Å². The number of hydrogen-bond acceptors (Lipinski definition) is 5. The highest BCUT2D eigenvalue weighted by Gasteiger charge is 2.11. The molecule has 5 heteroatoms. The molecule has 0 fully saturated rings. The number of aromatic nitrogens is 1. The maximum atomic E-state index is 5.18. The van der Waals surface area contributed by atoms with Crippen LogP contribution in [-0.2, 0) is 0 Å². The largest absolute Gasteiger partial charge is 0.497 e. The second-order valence-corrected chi connectivity index (χ2v) is 6.31. The first-order chi connectivity index (χ1) is 9.22. The Balaban J connectivity index is 1.98. The van der Waals surface area contributed by atoms with Gasteiger partial charge in [-0.25, -0.2) is 4.98 Å². The van der Waals surface area contributed by atoms with Crippen LogP contribution in [0.25, 0.3) is 0 Å². The molecule has 0 aliphatic heterocycles. The molecule has 0 saturated heterocycles. The Morgan fingerprint density at radius 2 is 2.11 bits per heavy atom. The lowest BCUT2D eigenvalue weighted by atomic mass is 10.1. The maximum Gasteiger partial charge on any atom is 0.150 e. The van der Waals surface area contributed by atoms with Crippen LogP contribution in [0.1, 0.15) is 17.3 Å². The zero-order valence-electron chi connectivity index (χ0n) is 11.3. The van der Waals surface area contributed by atoms with Crippen molar-refractivity contribution in [3.8, 4) is 5.75 Å². The van der Waals surface area contributed by atoms with E-state index < -0.39 is 0 Å². The van der Waals surface area contributed by atoms with Gasteiger partial charge in [0, 0.05) is 22.9 Å². The number of benzene rings is 1. The van der Waals surface area contributed by atoms with Gasteiger partial charge in [-0.15, -0.1) is 11.3 Å². The van der Waals surface area contributed by atoms with Gasteiger partial charge in [-0.3, -0.25) is 0 Å². The van der Waals surface area contributed by atoms with Crippen LogP contribution < -0.4 is 10.1 Å². The molecule has 1 aromatic heterocycles. The topological polar surface area (TPSA) is 34.2 Å². The van der Waals surface area contributed by atoms with Crippen molar-refractivity contribution in [2.45, 2.75) is 17.3 Å². The molecule has 0 bridgehead atoms. The van der Waals surface area contributed by atoms with Crippen LogP contribution in [0.15, 0.2) is 34.0 Å². The molecule has 0 saturated carbocycles. The van der Waals surface area contributed by atoms with Crippen molar-refractivity contribution in [1.82, 2.24) is 10.3 Å². The van der Waals surface area contributed by atoms with E-state index in [-0.39, 0.29) is 0 Å². The first kappa shape index (κ1) is 14.4. The molecule has 1 N–H and O–H groups in total. The van der Waals surface area contributed by atoms with E-state index in [2.05, 4.69) is 27.8 Å². The van der Waals surface area contributed by atoms with Gasteiger partial charge in [-0.05, 0) is 31.7 Å². The van der Waals surface area contributed by atoms with Crippen molar-refractivity contribution in [2.75, 3.05) is 19.9 Å². The van der Waals surface area contributed by atoms with Crippen molar-refractivity contribution in [2.24, 2.45) is 0 Å². The zero-order valence-corrected chi connectivity index (χ0v) is 13.0. The number of rotatable bonds is 6. The molecule has 0 radical (unpaired) electrons. The first-order valence-corrected chi connectivity index (χ1v) is 7.95. The Kier molecular flexibility index (Phi) is 5.24. The summed E-state index contributed by atoms with van der Waals surface area (Å²) in [4.78, 5) is 4.47. The van der Waals surface area contributed by atoms with Crippen molar-refractivity contribution in [3.63, 3.8) is 0 Å². The summed E-state index contributed by atoms with van der Waals surface area (Å²) in [6.07, 6.45) is 0. The maximum absolute atomic E-state index is 5.18. The monoisotopic (exact) mass is 294 g/mol. The second-order valence-electron chi connectivity index (χ2n) is 4.18. The highest BCUT2D eigenvalue weighted by molar-refractivity contribution is 8.01. The van der Waals surface area contributed by atoms with Gasteiger partial charge in [0.05, 0.1) is 7.11 Å². The number of thiazole rings is 1. The van der Waals surface area contributed by atoms with Crippen molar-refractivity contribution in [3.05, 3.63) is 40.9 Å². The summed E-state index contributed by atoms with van der Waals surface area (Å²) in [5.41, 5.74) is 2.36. The summed E-state index contributed by atoms with van der Waals surface area (Å²) in [5.74, 6) is 1.86. The molecule has 0 aliphatic carbocycles. The SMILES string of the molecule is CNC(CSc1nc(C)cs1)c1ccc(OC)cc1. The molecule has 2 aromatic rings. The molecule has 19 heavy (non-hydrogen) atoms. The van der Waals surface area contributed by atoms with Gasteiger partial charge in [0.1, 0.15) is 10.1 Å². The lowest BCUT2D eigenvalue weighted by Crippen LogP contribution is -2.18. The standard InChI is InChI=1S/C14H18N2OS2/c1-10-8-18-14(16-10)19-9-13(15-2)11-4-6-12(17-3)7-5-11/h4-8,13,15H,9H2,1-3H3. The minimum atomic E-state index is 0.320. The molecule has 0 spiro atoms. The predicted molar refractivity (Wildman–Crippen MR) is 82.4 cm³/mol. The quantitative estimate of drug-likeness (QED) is 0.827. The van der Waals surface area contributed by atoms with Gasteiger partial charge in [-0.2, -0.15) is 0 Å². The van der Waals surface area contributed by atoms with Gasteiger partial charge in [0.2, 0.25) is 0 Å². The van der Waals surface area contributed by atoms with Crippen molar-refractivity contribution < 1.29 is 4.74 Å². The Bertz CT molecular complexity index is 510. The highest BCUT2D eigenvalue weighted by atomic mass is 32.2. The molecule has 0 amide bonds. The molecule has 3 nitrogen and oxygen atoms in total. The number of nitrogens with zero attached hydrogens (tertiary/aromatic N) is 1. The van der Waals surface area contributed by atoms with E-state index in [0.717, 1.165) is 21.5 Å². The summed E-state index contributed by atoms with van der Waals surface area (Å²) < 4.78 is 6.31. The number of thioether (sulfide) groups is 1. The minimum Gasteiger partial charge on any atom is -0.497 e. The fraction of sp³-hybridized carbons (Fsp3) is 0.357. The van der Waals surface area contributed by atoms with E-state index in [1.165, 1.54) is 5.56 Å². The Hall–Kier alpha value is -1.04. The van der Waals surface area contributed by atoms with Crippen LogP contribution in [-0.4, -0.2) is 24.9 Å². The second kappa shape index (κ2) is 6.93. The molecule has 1 aromatic carbocycles. The van der Waals surface area contributed by atoms with Crippen LogP contribution in [0, 0.1) is 6.92 Å². The molecule has 1 atom stereocenters. The van der Waals surface area contributed by atoms with Crippen LogP contribution in [0.2, 0.25) is 0 Å². The first-order valence-electron chi connectivity index (χ1n) is 6.09. The van der Waals surface area contributed by atoms with Gasteiger partial charge in [0.15, 0.2) is 0 Å². The zero-order chi connectivity index (χ0) is 13.7. The van der Waals surface area contributed by atoms with E-state index >= 15 is 0 Å². The summed E-state index contributed by atoms with van der Waals surface area (Å²) in [6, 6.07) is 8.52. The van der Waals surface area contributed by atoms with Crippen LogP contribution in [0.5, 0.6) is 5.75 Å². The Morgan fingerprint density at radius 1 is 1.37 bits per heavy atom. The van der Waals surface area contributed by atoms with E-state index in [1.54, 1.807) is 30.2 Å². The summed E-state index contributed by atoms with van der Waals surface area (Å²) in [5, 5.41) is 5.44. The van der Waals surface area contributed by atoms with Crippen LogP contribution in [0.4, 0.5) is 0 Å². The Morgan fingerprint density at radius 3 is 2.63 bits per heavy atom. The van der Waals surface area contributed by atoms with Crippen LogP contribution >= 0.6 is 23.1 Å². The normalized spacial score (nSPS) is 12.4. The third-order valence-electron chi connectivity index (χ3n) is 2.84. The molecule has 2 rings (SSSR count). The fourth-order valence-corrected chi connectivity index (χ4v) is 3.75. The molecular weight excluding hydrogens is 276 g/mol. The summed E-state index contributed by atoms with van der Waals surface area (Å²) in [6.45, 7) is 2.03. The van der Waals surface area contributed by atoms with Gasteiger partial charge >= 0.3 is 0 Å². The third-order valence-corrected chi connectivity index (χ3v) is 5.07. The number of hydrogen-bond donors (Lipinski definition) is 1. The van der Waals surface area contributed by atoms with E-state index in [4.69, 9.17) is 4.74 Å². The molecule has 0 aliphatic rings. The molecule has 1 unspecified atom stereocenters. The van der Waals surface area contributed by atoms with Gasteiger partial charge in [-0.1, -0.05) is 23.9 Å². The van der Waals surface area contributed by atoms with Crippen LogP contribution in [0.3, 0.4) is 0 Å². The van der Waals surface area contributed by atoms with E-state index in [9.17, 15) is 0 Å². The summed E-state index contributed by atoms with van der Waals surface area (Å²) in [7, 11) is 3.67. The average molecular weight is 294 g/mol. The average Bonchev–Trinajstić information content (AvgIpc) is 2.86. The smallest absolute Gasteiger partial charge is 0.150 e. The number of methoxy groups -OCH3 is 1. The van der Waals surface area contributed by atoms with E-state index in [1.807, 2.05) is 26.1 Å². The minimum absolute atomic E-state index is 0.320. The predicted octanol–water partition coefficient (Wildman–Crippen LogP) is 3.51. The fourth-order valence-electron chi connectivity index (χ4n) is 1.74. The number of nitrogens with one attached hydrogen (secondary N) is 1. The third kappa shape index (κ3) is 3.96. The molecule has 1 heterocycles.